The number of urea groups is 1. The van der Waals surface area contributed by atoms with Crippen molar-refractivity contribution in [2.24, 2.45) is 4.99 Å². The molecule has 1 saturated heterocycles. The maximum atomic E-state index is 13.1. The maximum Gasteiger partial charge on any atom is 0.573 e. The lowest BCUT2D eigenvalue weighted by Gasteiger charge is -2.32. The molecule has 248 valence electrons. The fraction of sp³-hybridized carbons (Fsp3) is 0.353. The van der Waals surface area contributed by atoms with Crippen LogP contribution in [0.4, 0.5) is 23.7 Å². The lowest BCUT2D eigenvalue weighted by atomic mass is 9.95. The van der Waals surface area contributed by atoms with Crippen LogP contribution in [0.2, 0.25) is 0 Å². The number of alkyl halides is 3. The molecule has 9 nitrogen and oxygen atoms in total. The summed E-state index contributed by atoms with van der Waals surface area (Å²) in [7, 11) is 1.65. The molecule has 0 bridgehead atoms. The number of ether oxygens (including phenoxy) is 2. The number of rotatable bonds is 10. The van der Waals surface area contributed by atoms with E-state index in [1.54, 1.807) is 18.9 Å². The van der Waals surface area contributed by atoms with Crippen molar-refractivity contribution in [3.63, 3.8) is 0 Å². The average Bonchev–Trinajstić information content (AvgIpc) is 3.55. The quantitative estimate of drug-likeness (QED) is 0.183. The number of nitrogens with zero attached hydrogens (tertiary/aromatic N) is 5. The standard InChI is InChI=1S/C34H37F3N6O3S/c1-5-23(20-38-32(44)40-33-42(17-6-18-47-33)30-19-28(45-4)15-16-29(30)22(2)3)24-7-9-25(10-8-24)31-39-21-43(41-31)26-11-13-27(14-12-26)46-34(35,36)37/h7-16,19,21-23H,5-6,17-18,20H2,1-4H3,(H,38,44)/b40-33-. The minimum Gasteiger partial charge on any atom is -0.497 e. The average molecular weight is 667 g/mol. The number of hydrogen-bond donors (Lipinski definition) is 1. The zero-order valence-electron chi connectivity index (χ0n) is 26.6. The number of nitrogens with one attached hydrogen (secondary N) is 1. The monoisotopic (exact) mass is 666 g/mol. The van der Waals surface area contributed by atoms with Crippen LogP contribution >= 0.6 is 11.8 Å². The number of amides is 2. The van der Waals surface area contributed by atoms with Crippen molar-refractivity contribution in [3.8, 4) is 28.6 Å². The van der Waals surface area contributed by atoms with Gasteiger partial charge < -0.3 is 19.7 Å². The number of hydrogen-bond acceptors (Lipinski definition) is 6. The van der Waals surface area contributed by atoms with E-state index in [9.17, 15) is 18.0 Å². The fourth-order valence-corrected chi connectivity index (χ4v) is 6.26. The van der Waals surface area contributed by atoms with E-state index < -0.39 is 6.36 Å². The van der Waals surface area contributed by atoms with Gasteiger partial charge in [0.05, 0.1) is 12.8 Å². The highest BCUT2D eigenvalue weighted by atomic mass is 32.2. The van der Waals surface area contributed by atoms with Crippen molar-refractivity contribution in [1.29, 1.82) is 0 Å². The second-order valence-electron chi connectivity index (χ2n) is 11.3. The molecule has 0 saturated carbocycles. The Bertz CT molecular complexity index is 1690. The molecular formula is C34H37F3N6O3S. The highest BCUT2D eigenvalue weighted by molar-refractivity contribution is 8.14. The Balaban J connectivity index is 1.23. The Morgan fingerprint density at radius 1 is 1.06 bits per heavy atom. The molecule has 1 aliphatic heterocycles. The highest BCUT2D eigenvalue weighted by Gasteiger charge is 2.31. The second kappa shape index (κ2) is 14.9. The molecule has 0 spiro atoms. The predicted octanol–water partition coefficient (Wildman–Crippen LogP) is 8.17. The minimum atomic E-state index is -4.75. The molecule has 3 aromatic carbocycles. The Hall–Kier alpha value is -4.52. The third kappa shape index (κ3) is 8.64. The topological polar surface area (TPSA) is 93.9 Å². The van der Waals surface area contributed by atoms with E-state index in [-0.39, 0.29) is 17.7 Å². The molecule has 0 radical (unpaired) electrons. The van der Waals surface area contributed by atoms with Gasteiger partial charge in [-0.15, -0.1) is 18.3 Å². The molecule has 1 aromatic heterocycles. The van der Waals surface area contributed by atoms with Gasteiger partial charge in [0.1, 0.15) is 17.8 Å². The summed E-state index contributed by atoms with van der Waals surface area (Å²) in [5.74, 6) is 2.17. The fourth-order valence-electron chi connectivity index (χ4n) is 5.31. The van der Waals surface area contributed by atoms with Crippen molar-refractivity contribution in [3.05, 3.63) is 84.2 Å². The van der Waals surface area contributed by atoms with E-state index >= 15 is 0 Å². The summed E-state index contributed by atoms with van der Waals surface area (Å²) in [6.07, 6.45) is -1.47. The summed E-state index contributed by atoms with van der Waals surface area (Å²) in [4.78, 5) is 24.1. The van der Waals surface area contributed by atoms with E-state index in [2.05, 4.69) is 56.9 Å². The van der Waals surface area contributed by atoms with Gasteiger partial charge in [-0.25, -0.2) is 14.5 Å². The molecule has 2 amide bonds. The Labute approximate surface area is 276 Å². The van der Waals surface area contributed by atoms with E-state index in [4.69, 9.17) is 4.74 Å². The number of carbonyl (C=O) groups excluding carboxylic acids is 1. The van der Waals surface area contributed by atoms with Crippen LogP contribution in [0.5, 0.6) is 11.5 Å². The number of thioether (sulfide) groups is 1. The molecule has 4 aromatic rings. The van der Waals surface area contributed by atoms with Crippen LogP contribution in [-0.4, -0.2) is 58.3 Å². The lowest BCUT2D eigenvalue weighted by Crippen LogP contribution is -2.37. The molecule has 1 fully saturated rings. The van der Waals surface area contributed by atoms with Crippen molar-refractivity contribution in [2.75, 3.05) is 30.9 Å². The number of halogens is 3. The number of aromatic nitrogens is 3. The van der Waals surface area contributed by atoms with Crippen molar-refractivity contribution in [1.82, 2.24) is 20.1 Å². The summed E-state index contributed by atoms with van der Waals surface area (Å²) < 4.78 is 48.3. The number of carbonyl (C=O) groups is 1. The first-order chi connectivity index (χ1) is 22.5. The predicted molar refractivity (Wildman–Crippen MR) is 179 cm³/mol. The van der Waals surface area contributed by atoms with Crippen LogP contribution in [0.1, 0.15) is 56.6 Å². The van der Waals surface area contributed by atoms with Crippen LogP contribution in [0.15, 0.2) is 78.0 Å². The largest absolute Gasteiger partial charge is 0.573 e. The SMILES string of the molecule is CCC(CNC(=O)/N=C1\SCCCN1c1cc(OC)ccc1C(C)C)c1ccc(-c2ncn(-c3ccc(OC(F)(F)F)cc3)n2)cc1. The number of methoxy groups -OCH3 is 1. The number of anilines is 1. The molecule has 1 N–H and O–H groups in total. The molecular weight excluding hydrogens is 629 g/mol. The smallest absolute Gasteiger partial charge is 0.497 e. The molecule has 13 heteroatoms. The van der Waals surface area contributed by atoms with Gasteiger partial charge in [-0.05, 0) is 60.2 Å². The van der Waals surface area contributed by atoms with Gasteiger partial charge in [0.25, 0.3) is 0 Å². The first-order valence-corrected chi connectivity index (χ1v) is 16.4. The summed E-state index contributed by atoms with van der Waals surface area (Å²) >= 11 is 1.58. The van der Waals surface area contributed by atoms with Crippen LogP contribution in [0.25, 0.3) is 17.1 Å². The molecule has 1 unspecified atom stereocenters. The first kappa shape index (κ1) is 33.8. The minimum absolute atomic E-state index is 0.0668. The second-order valence-corrected chi connectivity index (χ2v) is 12.4. The van der Waals surface area contributed by atoms with Gasteiger partial charge >= 0.3 is 12.4 Å². The Kier molecular flexibility index (Phi) is 10.7. The van der Waals surface area contributed by atoms with E-state index in [0.29, 0.717) is 29.1 Å². The third-order valence-electron chi connectivity index (χ3n) is 7.80. The highest BCUT2D eigenvalue weighted by Crippen LogP contribution is 2.35. The first-order valence-electron chi connectivity index (χ1n) is 15.4. The zero-order valence-corrected chi connectivity index (χ0v) is 27.4. The van der Waals surface area contributed by atoms with Crippen molar-refractivity contribution >= 4 is 28.6 Å². The normalized spacial score (nSPS) is 15.1. The van der Waals surface area contributed by atoms with Crippen LogP contribution in [0, 0.1) is 0 Å². The number of benzene rings is 3. The number of aliphatic imine (C=N–C) groups is 1. The third-order valence-corrected chi connectivity index (χ3v) is 8.86. The van der Waals surface area contributed by atoms with Gasteiger partial charge in [-0.3, -0.25) is 0 Å². The van der Waals surface area contributed by atoms with Crippen LogP contribution < -0.4 is 19.7 Å². The number of amidine groups is 1. The van der Waals surface area contributed by atoms with Crippen molar-refractivity contribution in [2.45, 2.75) is 51.8 Å². The molecule has 1 atom stereocenters. The van der Waals surface area contributed by atoms with Gasteiger partial charge in [-0.2, -0.15) is 4.99 Å². The summed E-state index contributed by atoms with van der Waals surface area (Å²) in [6, 6.07) is 18.9. The van der Waals surface area contributed by atoms with Crippen molar-refractivity contribution < 1.29 is 27.4 Å². The van der Waals surface area contributed by atoms with E-state index in [0.717, 1.165) is 47.7 Å². The Morgan fingerprint density at radius 2 is 1.79 bits per heavy atom. The van der Waals surface area contributed by atoms with Gasteiger partial charge in [-0.1, -0.05) is 62.9 Å². The molecule has 1 aliphatic rings. The molecule has 0 aliphatic carbocycles. The van der Waals surface area contributed by atoms with Crippen LogP contribution in [0.3, 0.4) is 0 Å². The summed E-state index contributed by atoms with van der Waals surface area (Å²) in [5, 5.41) is 8.16. The summed E-state index contributed by atoms with van der Waals surface area (Å²) in [6.45, 7) is 7.56. The Morgan fingerprint density at radius 3 is 2.45 bits per heavy atom. The van der Waals surface area contributed by atoms with Crippen LogP contribution in [-0.2, 0) is 0 Å². The molecule has 47 heavy (non-hydrogen) atoms. The molecule has 2 heterocycles. The van der Waals surface area contributed by atoms with Gasteiger partial charge in [0.2, 0.25) is 0 Å². The summed E-state index contributed by atoms with van der Waals surface area (Å²) in [5.41, 5.74) is 4.56. The van der Waals surface area contributed by atoms with E-state index in [1.807, 2.05) is 36.4 Å². The van der Waals surface area contributed by atoms with Gasteiger partial charge in [0, 0.05) is 42.1 Å². The van der Waals surface area contributed by atoms with Gasteiger partial charge in [0.15, 0.2) is 11.0 Å². The lowest BCUT2D eigenvalue weighted by molar-refractivity contribution is -0.274. The van der Waals surface area contributed by atoms with E-state index in [1.165, 1.54) is 40.8 Å². The zero-order chi connectivity index (χ0) is 33.6. The maximum absolute atomic E-state index is 13.1. The molecule has 5 rings (SSSR count).